The number of rotatable bonds is 4. The number of carbonyl (C=O) groups is 1. The Hall–Kier alpha value is -2.70. The molecule has 2 heterocycles. The second kappa shape index (κ2) is 6.55. The molecule has 4 aromatic rings. The zero-order chi connectivity index (χ0) is 18.3. The summed E-state index contributed by atoms with van der Waals surface area (Å²) in [5.41, 5.74) is 3.50. The highest BCUT2D eigenvalue weighted by molar-refractivity contribution is 7.21. The van der Waals surface area contributed by atoms with Gasteiger partial charge in [-0.25, -0.2) is 9.78 Å². The maximum absolute atomic E-state index is 11.1. The molecule has 2 aromatic heterocycles. The second-order valence-electron chi connectivity index (χ2n) is 5.89. The van der Waals surface area contributed by atoms with E-state index in [1.165, 1.54) is 0 Å². The van der Waals surface area contributed by atoms with E-state index >= 15 is 0 Å². The number of halogens is 1. The fourth-order valence-electron chi connectivity index (χ4n) is 2.80. The SMILES string of the molecule is Cc1cc(C(=O)O)nn1Cc1c(Cl)ccc2sc(-c3ccccc3)nc12. The molecule has 0 saturated carbocycles. The van der Waals surface area contributed by atoms with Crippen molar-refractivity contribution in [2.24, 2.45) is 0 Å². The van der Waals surface area contributed by atoms with E-state index in [9.17, 15) is 4.79 Å². The van der Waals surface area contributed by atoms with Crippen LogP contribution in [-0.4, -0.2) is 25.8 Å². The first-order valence-electron chi connectivity index (χ1n) is 7.94. The summed E-state index contributed by atoms with van der Waals surface area (Å²) in [5, 5.41) is 14.8. The van der Waals surface area contributed by atoms with Crippen LogP contribution >= 0.6 is 22.9 Å². The smallest absolute Gasteiger partial charge is 0.356 e. The van der Waals surface area contributed by atoms with Crippen LogP contribution in [0.2, 0.25) is 5.02 Å². The van der Waals surface area contributed by atoms with Crippen LogP contribution in [0.5, 0.6) is 0 Å². The minimum absolute atomic E-state index is 0.0223. The largest absolute Gasteiger partial charge is 0.476 e. The summed E-state index contributed by atoms with van der Waals surface area (Å²) in [6.45, 7) is 2.19. The van der Waals surface area contributed by atoms with Crippen LogP contribution in [0.1, 0.15) is 21.7 Å². The number of aromatic nitrogens is 3. The van der Waals surface area contributed by atoms with Crippen molar-refractivity contribution in [1.82, 2.24) is 14.8 Å². The molecule has 0 atom stereocenters. The van der Waals surface area contributed by atoms with Crippen LogP contribution in [0, 0.1) is 6.92 Å². The first-order valence-corrected chi connectivity index (χ1v) is 9.13. The number of aromatic carboxylic acids is 1. The number of nitrogens with zero attached hydrogens (tertiary/aromatic N) is 3. The van der Waals surface area contributed by atoms with Gasteiger partial charge in [-0.15, -0.1) is 11.3 Å². The quantitative estimate of drug-likeness (QED) is 0.546. The van der Waals surface area contributed by atoms with Gasteiger partial charge in [-0.05, 0) is 25.1 Å². The molecule has 0 radical (unpaired) electrons. The van der Waals surface area contributed by atoms with Crippen molar-refractivity contribution >= 4 is 39.1 Å². The van der Waals surface area contributed by atoms with E-state index in [1.54, 1.807) is 22.1 Å². The maximum atomic E-state index is 11.1. The molecule has 7 heteroatoms. The van der Waals surface area contributed by atoms with Crippen LogP contribution in [0.15, 0.2) is 48.5 Å². The molecule has 0 unspecified atom stereocenters. The normalized spacial score (nSPS) is 11.2. The summed E-state index contributed by atoms with van der Waals surface area (Å²) >= 11 is 8.04. The maximum Gasteiger partial charge on any atom is 0.356 e. The third-order valence-electron chi connectivity index (χ3n) is 4.14. The van der Waals surface area contributed by atoms with Crippen molar-refractivity contribution in [1.29, 1.82) is 0 Å². The first-order chi connectivity index (χ1) is 12.5. The molecule has 26 heavy (non-hydrogen) atoms. The molecule has 130 valence electrons. The minimum Gasteiger partial charge on any atom is -0.476 e. The molecule has 0 aliphatic carbocycles. The van der Waals surface area contributed by atoms with Crippen molar-refractivity contribution in [3.05, 3.63) is 70.5 Å². The van der Waals surface area contributed by atoms with Gasteiger partial charge in [-0.1, -0.05) is 41.9 Å². The van der Waals surface area contributed by atoms with E-state index in [4.69, 9.17) is 21.7 Å². The van der Waals surface area contributed by atoms with Crippen molar-refractivity contribution in [3.8, 4) is 10.6 Å². The molecule has 0 aliphatic heterocycles. The molecule has 2 aromatic carbocycles. The molecular formula is C19H14ClN3O2S. The Morgan fingerprint density at radius 2 is 2.00 bits per heavy atom. The summed E-state index contributed by atoms with van der Waals surface area (Å²) in [6, 6.07) is 15.3. The number of fused-ring (bicyclic) bond motifs is 1. The van der Waals surface area contributed by atoms with Crippen LogP contribution in [0.4, 0.5) is 0 Å². The number of thiazole rings is 1. The lowest BCUT2D eigenvalue weighted by Crippen LogP contribution is -2.06. The zero-order valence-electron chi connectivity index (χ0n) is 13.8. The Labute approximate surface area is 158 Å². The predicted octanol–water partition coefficient (Wildman–Crippen LogP) is 4.87. The van der Waals surface area contributed by atoms with E-state index in [1.807, 2.05) is 49.4 Å². The second-order valence-corrected chi connectivity index (χ2v) is 7.33. The number of aryl methyl sites for hydroxylation is 1. The van der Waals surface area contributed by atoms with E-state index in [0.717, 1.165) is 32.0 Å². The van der Waals surface area contributed by atoms with E-state index in [2.05, 4.69) is 5.10 Å². The Morgan fingerprint density at radius 3 is 2.69 bits per heavy atom. The number of carboxylic acids is 1. The number of carboxylic acid groups (broad SMARTS) is 1. The topological polar surface area (TPSA) is 68.0 Å². The van der Waals surface area contributed by atoms with E-state index < -0.39 is 5.97 Å². The van der Waals surface area contributed by atoms with E-state index in [0.29, 0.717) is 11.6 Å². The fraction of sp³-hybridized carbons (Fsp3) is 0.105. The monoisotopic (exact) mass is 383 g/mol. The fourth-order valence-corrected chi connectivity index (χ4v) is 4.02. The molecule has 0 spiro atoms. The average molecular weight is 384 g/mol. The first kappa shape index (κ1) is 16.8. The van der Waals surface area contributed by atoms with Crippen molar-refractivity contribution in [2.75, 3.05) is 0 Å². The van der Waals surface area contributed by atoms with Gasteiger partial charge < -0.3 is 5.11 Å². The highest BCUT2D eigenvalue weighted by Gasteiger charge is 2.16. The molecule has 0 fully saturated rings. The molecule has 0 saturated heterocycles. The van der Waals surface area contributed by atoms with Crippen molar-refractivity contribution in [3.63, 3.8) is 0 Å². The number of hydrogen-bond donors (Lipinski definition) is 1. The molecule has 0 bridgehead atoms. The summed E-state index contributed by atoms with van der Waals surface area (Å²) in [6.07, 6.45) is 0. The average Bonchev–Trinajstić information content (AvgIpc) is 3.22. The minimum atomic E-state index is -1.05. The highest BCUT2D eigenvalue weighted by atomic mass is 35.5. The van der Waals surface area contributed by atoms with Crippen LogP contribution in [-0.2, 0) is 6.54 Å². The van der Waals surface area contributed by atoms with Crippen molar-refractivity contribution < 1.29 is 9.90 Å². The Morgan fingerprint density at radius 1 is 1.23 bits per heavy atom. The van der Waals surface area contributed by atoms with Gasteiger partial charge in [0.15, 0.2) is 5.69 Å². The summed E-state index contributed by atoms with van der Waals surface area (Å²) in [4.78, 5) is 15.9. The van der Waals surface area contributed by atoms with Crippen LogP contribution in [0.25, 0.3) is 20.8 Å². The summed E-state index contributed by atoms with van der Waals surface area (Å²) in [7, 11) is 0. The van der Waals surface area contributed by atoms with Gasteiger partial charge in [-0.2, -0.15) is 5.10 Å². The molecule has 5 nitrogen and oxygen atoms in total. The van der Waals surface area contributed by atoms with Crippen LogP contribution < -0.4 is 0 Å². The molecular weight excluding hydrogens is 370 g/mol. The molecule has 4 rings (SSSR count). The van der Waals surface area contributed by atoms with Gasteiger partial charge in [0, 0.05) is 21.8 Å². The van der Waals surface area contributed by atoms with Crippen LogP contribution in [0.3, 0.4) is 0 Å². The Kier molecular flexibility index (Phi) is 4.22. The molecule has 0 aliphatic rings. The summed E-state index contributed by atoms with van der Waals surface area (Å²) < 4.78 is 2.68. The lowest BCUT2D eigenvalue weighted by atomic mass is 10.2. The Balaban J connectivity index is 1.81. The Bertz CT molecular complexity index is 1120. The lowest BCUT2D eigenvalue weighted by Gasteiger charge is -2.07. The van der Waals surface area contributed by atoms with Gasteiger partial charge in [0.05, 0.1) is 16.8 Å². The highest BCUT2D eigenvalue weighted by Crippen LogP contribution is 2.35. The van der Waals surface area contributed by atoms with Gasteiger partial charge in [-0.3, -0.25) is 4.68 Å². The zero-order valence-corrected chi connectivity index (χ0v) is 15.4. The van der Waals surface area contributed by atoms with E-state index in [-0.39, 0.29) is 5.69 Å². The van der Waals surface area contributed by atoms with Gasteiger partial charge in [0.2, 0.25) is 0 Å². The summed E-state index contributed by atoms with van der Waals surface area (Å²) in [5.74, 6) is -1.05. The molecule has 0 amide bonds. The third kappa shape index (κ3) is 2.98. The van der Waals surface area contributed by atoms with Crippen molar-refractivity contribution in [2.45, 2.75) is 13.5 Å². The molecule has 1 N–H and O–H groups in total. The predicted molar refractivity (Wildman–Crippen MR) is 103 cm³/mol. The lowest BCUT2D eigenvalue weighted by molar-refractivity contribution is 0.0689. The third-order valence-corrected chi connectivity index (χ3v) is 5.56. The van der Waals surface area contributed by atoms with Gasteiger partial charge in [0.25, 0.3) is 0 Å². The van der Waals surface area contributed by atoms with Gasteiger partial charge in [0.1, 0.15) is 5.01 Å². The standard InChI is InChI=1S/C19H14ClN3O2S/c1-11-9-15(19(24)25)22-23(11)10-13-14(20)7-8-16-17(13)21-18(26-16)12-5-3-2-4-6-12/h2-9H,10H2,1H3,(H,24,25). The number of hydrogen-bond acceptors (Lipinski definition) is 4. The number of benzene rings is 2. The van der Waals surface area contributed by atoms with Gasteiger partial charge >= 0.3 is 5.97 Å².